The molecule has 0 saturated carbocycles. The van der Waals surface area contributed by atoms with Crippen molar-refractivity contribution in [3.8, 4) is 10.4 Å². The summed E-state index contributed by atoms with van der Waals surface area (Å²) in [7, 11) is 0. The molecule has 5 rings (SSSR count). The monoisotopic (exact) mass is 417 g/mol. The number of rotatable bonds is 5. The van der Waals surface area contributed by atoms with Crippen molar-refractivity contribution >= 4 is 28.6 Å². The minimum Gasteiger partial charge on any atom is -0.319 e. The molecule has 0 unspecified atom stereocenters. The van der Waals surface area contributed by atoms with Gasteiger partial charge in [0.2, 0.25) is 0 Å². The zero-order chi connectivity index (χ0) is 20.5. The molecule has 0 spiro atoms. The molecule has 1 aromatic carbocycles. The molecule has 0 fully saturated rings. The summed E-state index contributed by atoms with van der Waals surface area (Å²) in [6.45, 7) is 0.505. The Bertz CT molecular complexity index is 1300. The summed E-state index contributed by atoms with van der Waals surface area (Å²) in [6, 6.07) is 15.7. The van der Waals surface area contributed by atoms with Crippen LogP contribution in [0.4, 0.5) is 10.1 Å². The molecule has 0 atom stereocenters. The molecule has 148 valence electrons. The molecule has 30 heavy (non-hydrogen) atoms. The molecule has 0 aliphatic carbocycles. The highest BCUT2D eigenvalue weighted by atomic mass is 32.1. The third-order valence-corrected chi connectivity index (χ3v) is 5.72. The molecule has 1 amide bonds. The maximum absolute atomic E-state index is 13.1. The van der Waals surface area contributed by atoms with E-state index in [4.69, 9.17) is 0 Å². The highest BCUT2D eigenvalue weighted by Gasteiger charge is 2.12. The lowest BCUT2D eigenvalue weighted by Gasteiger charge is -2.00. The fourth-order valence-corrected chi connectivity index (χ4v) is 4.07. The van der Waals surface area contributed by atoms with E-state index in [1.807, 2.05) is 41.1 Å². The number of hydrogen-bond donors (Lipinski definition) is 1. The Hall–Kier alpha value is -3.78. The van der Waals surface area contributed by atoms with Gasteiger partial charge < -0.3 is 9.72 Å². The van der Waals surface area contributed by atoms with Crippen LogP contribution in [0.2, 0.25) is 0 Å². The first-order valence-electron chi connectivity index (χ1n) is 9.26. The van der Waals surface area contributed by atoms with Crippen molar-refractivity contribution in [2.24, 2.45) is 0 Å². The number of carbonyl (C=O) groups excluding carboxylic acids is 1. The van der Waals surface area contributed by atoms with Gasteiger partial charge in [0, 0.05) is 23.5 Å². The van der Waals surface area contributed by atoms with E-state index in [1.165, 1.54) is 23.5 Å². The summed E-state index contributed by atoms with van der Waals surface area (Å²) in [5.74, 6) is -0.491. The van der Waals surface area contributed by atoms with E-state index in [-0.39, 0.29) is 11.7 Å². The maximum Gasteiger partial charge on any atom is 0.265 e. The van der Waals surface area contributed by atoms with E-state index in [2.05, 4.69) is 15.4 Å². The average Bonchev–Trinajstić information content (AvgIpc) is 3.48. The Kier molecular flexibility index (Phi) is 4.61. The van der Waals surface area contributed by atoms with Crippen LogP contribution in [0.25, 0.3) is 16.1 Å². The van der Waals surface area contributed by atoms with Gasteiger partial charge in [-0.05, 0) is 42.0 Å². The summed E-state index contributed by atoms with van der Waals surface area (Å²) in [6.07, 6.45) is 7.29. The predicted molar refractivity (Wildman–Crippen MR) is 114 cm³/mol. The summed E-state index contributed by atoms with van der Waals surface area (Å²) >= 11 is 1.36. The lowest BCUT2D eigenvalue weighted by Crippen LogP contribution is -2.09. The second kappa shape index (κ2) is 7.57. The van der Waals surface area contributed by atoms with Gasteiger partial charge in [0.1, 0.15) is 11.5 Å². The van der Waals surface area contributed by atoms with E-state index >= 15 is 0 Å². The Balaban J connectivity index is 1.27. The summed E-state index contributed by atoms with van der Waals surface area (Å²) in [5.41, 5.74) is 3.24. The van der Waals surface area contributed by atoms with Crippen LogP contribution in [0.3, 0.4) is 0 Å². The molecule has 6 nitrogen and oxygen atoms in total. The van der Waals surface area contributed by atoms with Crippen molar-refractivity contribution in [1.82, 2.24) is 19.2 Å². The lowest BCUT2D eigenvalue weighted by atomic mass is 10.2. The third-order valence-electron chi connectivity index (χ3n) is 4.59. The molecule has 0 saturated heterocycles. The Morgan fingerprint density at radius 2 is 1.93 bits per heavy atom. The molecule has 4 heterocycles. The molecular weight excluding hydrogens is 401 g/mol. The van der Waals surface area contributed by atoms with Gasteiger partial charge in [-0.25, -0.2) is 9.37 Å². The topological polar surface area (TPSA) is 64.2 Å². The van der Waals surface area contributed by atoms with Gasteiger partial charge >= 0.3 is 0 Å². The summed E-state index contributed by atoms with van der Waals surface area (Å²) < 4.78 is 16.8. The van der Waals surface area contributed by atoms with Gasteiger partial charge in [-0.15, -0.1) is 11.3 Å². The van der Waals surface area contributed by atoms with Gasteiger partial charge in [0.05, 0.1) is 29.0 Å². The quantitative estimate of drug-likeness (QED) is 0.451. The fraction of sp³-hybridized carbons (Fsp3) is 0.0455. The molecule has 0 aliphatic heterocycles. The summed E-state index contributed by atoms with van der Waals surface area (Å²) in [4.78, 5) is 18.6. The van der Waals surface area contributed by atoms with Crippen molar-refractivity contribution in [3.63, 3.8) is 0 Å². The van der Waals surface area contributed by atoms with Crippen LogP contribution in [0.5, 0.6) is 0 Å². The van der Waals surface area contributed by atoms with Crippen LogP contribution in [-0.4, -0.2) is 25.1 Å². The minimum atomic E-state index is -0.283. The first kappa shape index (κ1) is 18.3. The number of nitrogens with zero attached hydrogens (tertiary/aromatic N) is 4. The van der Waals surface area contributed by atoms with Crippen molar-refractivity contribution < 1.29 is 9.18 Å². The Morgan fingerprint density at radius 3 is 2.77 bits per heavy atom. The van der Waals surface area contributed by atoms with Crippen LogP contribution in [-0.2, 0) is 6.54 Å². The predicted octanol–water partition coefficient (Wildman–Crippen LogP) is 4.70. The highest BCUT2D eigenvalue weighted by Crippen LogP contribution is 2.28. The molecule has 4 aromatic heterocycles. The Labute approximate surface area is 175 Å². The number of halogens is 1. The second-order valence-electron chi connectivity index (χ2n) is 6.75. The van der Waals surface area contributed by atoms with E-state index in [0.29, 0.717) is 17.1 Å². The van der Waals surface area contributed by atoms with Gasteiger partial charge in [0.25, 0.3) is 5.91 Å². The van der Waals surface area contributed by atoms with Gasteiger partial charge in [0.15, 0.2) is 0 Å². The molecule has 0 aliphatic rings. The number of fused-ring (bicyclic) bond motifs is 1. The van der Waals surface area contributed by atoms with E-state index < -0.39 is 0 Å². The number of thiophene rings is 1. The Morgan fingerprint density at radius 1 is 1.07 bits per heavy atom. The molecule has 8 heteroatoms. The second-order valence-corrected chi connectivity index (χ2v) is 7.83. The molecule has 0 bridgehead atoms. The van der Waals surface area contributed by atoms with Crippen molar-refractivity contribution in [3.05, 3.63) is 95.8 Å². The van der Waals surface area contributed by atoms with Crippen LogP contribution >= 0.6 is 11.3 Å². The van der Waals surface area contributed by atoms with Gasteiger partial charge in [-0.1, -0.05) is 18.2 Å². The van der Waals surface area contributed by atoms with Crippen LogP contribution in [0.15, 0.2) is 79.4 Å². The van der Waals surface area contributed by atoms with Crippen molar-refractivity contribution in [1.29, 1.82) is 0 Å². The van der Waals surface area contributed by atoms with Crippen LogP contribution in [0, 0.1) is 5.82 Å². The van der Waals surface area contributed by atoms with E-state index in [1.54, 1.807) is 35.3 Å². The summed E-state index contributed by atoms with van der Waals surface area (Å²) in [5, 5.41) is 7.18. The van der Waals surface area contributed by atoms with Gasteiger partial charge in [-0.2, -0.15) is 5.10 Å². The number of hydrogen-bond acceptors (Lipinski definition) is 4. The van der Waals surface area contributed by atoms with Crippen LogP contribution < -0.4 is 5.32 Å². The lowest BCUT2D eigenvalue weighted by molar-refractivity contribution is 0.103. The standard InChI is InChI=1S/C22H16FN5OS/c23-16-6-4-15(5-7-16)19-8-9-20(30-19)22(29)26-17-11-24-28(13-17)14-18-12-27-10-2-1-3-21(27)25-18/h1-13H,14H2,(H,26,29). The number of anilines is 1. The zero-order valence-corrected chi connectivity index (χ0v) is 16.5. The van der Waals surface area contributed by atoms with E-state index in [9.17, 15) is 9.18 Å². The minimum absolute atomic E-state index is 0.208. The highest BCUT2D eigenvalue weighted by molar-refractivity contribution is 7.17. The largest absolute Gasteiger partial charge is 0.319 e. The molecular formula is C22H16FN5OS. The number of imidazole rings is 1. The SMILES string of the molecule is O=C(Nc1cnn(Cc2cn3ccccc3n2)c1)c1ccc(-c2ccc(F)cc2)s1. The number of aromatic nitrogens is 4. The number of nitrogens with one attached hydrogen (secondary N) is 1. The molecule has 5 aromatic rings. The number of benzene rings is 1. The first-order valence-corrected chi connectivity index (χ1v) is 10.1. The van der Waals surface area contributed by atoms with Gasteiger partial charge in [-0.3, -0.25) is 9.48 Å². The average molecular weight is 417 g/mol. The van der Waals surface area contributed by atoms with Crippen molar-refractivity contribution in [2.75, 3.05) is 5.32 Å². The van der Waals surface area contributed by atoms with E-state index in [0.717, 1.165) is 21.8 Å². The fourth-order valence-electron chi connectivity index (χ4n) is 3.17. The van der Waals surface area contributed by atoms with Crippen molar-refractivity contribution in [2.45, 2.75) is 6.54 Å². The van der Waals surface area contributed by atoms with Crippen LogP contribution in [0.1, 0.15) is 15.4 Å². The number of carbonyl (C=O) groups is 1. The molecule has 0 radical (unpaired) electrons. The number of pyridine rings is 1. The first-order chi connectivity index (χ1) is 14.6. The zero-order valence-electron chi connectivity index (χ0n) is 15.7. The maximum atomic E-state index is 13.1. The molecule has 1 N–H and O–H groups in total. The normalized spacial score (nSPS) is 11.1. The number of amides is 1. The smallest absolute Gasteiger partial charge is 0.265 e. The third kappa shape index (κ3) is 3.72.